The summed E-state index contributed by atoms with van der Waals surface area (Å²) in [5.74, 6) is -0.553. The van der Waals surface area contributed by atoms with E-state index in [-0.39, 0.29) is 5.69 Å². The van der Waals surface area contributed by atoms with Gasteiger partial charge in [0.25, 0.3) is 5.91 Å². The first-order chi connectivity index (χ1) is 9.65. The van der Waals surface area contributed by atoms with Gasteiger partial charge in [-0.2, -0.15) is 0 Å². The summed E-state index contributed by atoms with van der Waals surface area (Å²) < 4.78 is 1.69. The molecule has 0 saturated carbocycles. The standard InChI is InChI=1S/C15H19N3O2/c16-15(20)14-10-18(11-17-14)9-13(19)8-4-7-12-5-2-1-3-6-12/h1-3,5-6,10-11,13,19H,4,7-9H2,(H2,16,20). The molecule has 3 N–H and O–H groups in total. The molecule has 2 rings (SSSR count). The molecule has 1 unspecified atom stereocenters. The number of aliphatic hydroxyl groups is 1. The van der Waals surface area contributed by atoms with E-state index in [0.29, 0.717) is 13.0 Å². The molecule has 0 saturated heterocycles. The van der Waals surface area contributed by atoms with Crippen molar-refractivity contribution in [1.82, 2.24) is 9.55 Å². The number of primary amides is 1. The molecule has 0 aliphatic rings. The molecule has 0 spiro atoms. The molecule has 0 bridgehead atoms. The van der Waals surface area contributed by atoms with Gasteiger partial charge in [-0.1, -0.05) is 30.3 Å². The number of rotatable bonds is 7. The van der Waals surface area contributed by atoms with E-state index >= 15 is 0 Å². The van der Waals surface area contributed by atoms with Gasteiger partial charge in [0.15, 0.2) is 0 Å². The highest BCUT2D eigenvalue weighted by Gasteiger charge is 2.08. The van der Waals surface area contributed by atoms with Crippen LogP contribution < -0.4 is 5.73 Å². The van der Waals surface area contributed by atoms with Crippen LogP contribution in [0.25, 0.3) is 0 Å². The minimum absolute atomic E-state index is 0.224. The van der Waals surface area contributed by atoms with Crippen molar-refractivity contribution in [3.8, 4) is 0 Å². The van der Waals surface area contributed by atoms with Crippen molar-refractivity contribution in [1.29, 1.82) is 0 Å². The van der Waals surface area contributed by atoms with Crippen LogP contribution >= 0.6 is 0 Å². The van der Waals surface area contributed by atoms with E-state index in [1.807, 2.05) is 18.2 Å². The normalized spacial score (nSPS) is 12.2. The number of nitrogens with zero attached hydrogens (tertiary/aromatic N) is 2. The van der Waals surface area contributed by atoms with Crippen LogP contribution in [-0.2, 0) is 13.0 Å². The molecule has 5 nitrogen and oxygen atoms in total. The van der Waals surface area contributed by atoms with Crippen LogP contribution in [0.1, 0.15) is 28.9 Å². The Morgan fingerprint density at radius 1 is 1.35 bits per heavy atom. The number of aromatic nitrogens is 2. The van der Waals surface area contributed by atoms with Crippen molar-refractivity contribution in [2.75, 3.05) is 0 Å². The largest absolute Gasteiger partial charge is 0.391 e. The van der Waals surface area contributed by atoms with Crippen LogP contribution in [0.15, 0.2) is 42.9 Å². The summed E-state index contributed by atoms with van der Waals surface area (Å²) in [6.07, 6.45) is 5.20. The number of carbonyl (C=O) groups excluding carboxylic acids is 1. The Balaban J connectivity index is 1.74. The predicted octanol–water partition coefficient (Wildman–Crippen LogP) is 1.37. The molecule has 0 radical (unpaired) electrons. The van der Waals surface area contributed by atoms with Gasteiger partial charge in [0, 0.05) is 12.7 Å². The first kappa shape index (κ1) is 14.3. The maximum absolute atomic E-state index is 10.9. The third-order valence-corrected chi connectivity index (χ3v) is 3.15. The van der Waals surface area contributed by atoms with E-state index in [4.69, 9.17) is 5.73 Å². The molecule has 20 heavy (non-hydrogen) atoms. The molecule has 1 aromatic heterocycles. The molecule has 1 heterocycles. The average Bonchev–Trinajstić information content (AvgIpc) is 2.88. The first-order valence-corrected chi connectivity index (χ1v) is 6.68. The van der Waals surface area contributed by atoms with Gasteiger partial charge >= 0.3 is 0 Å². The summed E-state index contributed by atoms with van der Waals surface area (Å²) in [5.41, 5.74) is 6.63. The van der Waals surface area contributed by atoms with Gasteiger partial charge in [-0.15, -0.1) is 0 Å². The number of benzene rings is 1. The second kappa shape index (κ2) is 6.86. The molecule has 5 heteroatoms. The van der Waals surface area contributed by atoms with Crippen LogP contribution in [-0.4, -0.2) is 26.7 Å². The monoisotopic (exact) mass is 273 g/mol. The smallest absolute Gasteiger partial charge is 0.268 e. The third-order valence-electron chi connectivity index (χ3n) is 3.15. The lowest BCUT2D eigenvalue weighted by Crippen LogP contribution is -2.15. The number of aliphatic hydroxyl groups excluding tert-OH is 1. The minimum Gasteiger partial charge on any atom is -0.391 e. The lowest BCUT2D eigenvalue weighted by Gasteiger charge is -2.10. The van der Waals surface area contributed by atoms with Crippen molar-refractivity contribution in [2.24, 2.45) is 5.73 Å². The highest BCUT2D eigenvalue weighted by molar-refractivity contribution is 5.90. The number of amides is 1. The van der Waals surface area contributed by atoms with Gasteiger partial charge in [0.2, 0.25) is 0 Å². The molecule has 106 valence electrons. The Hall–Kier alpha value is -2.14. The summed E-state index contributed by atoms with van der Waals surface area (Å²) in [4.78, 5) is 14.8. The Labute approximate surface area is 118 Å². The van der Waals surface area contributed by atoms with Gasteiger partial charge in [-0.25, -0.2) is 4.98 Å². The van der Waals surface area contributed by atoms with Crippen molar-refractivity contribution >= 4 is 5.91 Å². The van der Waals surface area contributed by atoms with Crippen LogP contribution in [0.5, 0.6) is 0 Å². The Bertz CT molecular complexity index is 551. The summed E-state index contributed by atoms with van der Waals surface area (Å²) in [6.45, 7) is 0.426. The zero-order valence-corrected chi connectivity index (χ0v) is 11.3. The Morgan fingerprint density at radius 3 is 2.75 bits per heavy atom. The number of nitrogens with two attached hydrogens (primary N) is 1. The number of carbonyl (C=O) groups is 1. The minimum atomic E-state index is -0.553. The van der Waals surface area contributed by atoms with Crippen molar-refractivity contribution in [2.45, 2.75) is 31.9 Å². The summed E-state index contributed by atoms with van der Waals surface area (Å²) in [5, 5.41) is 9.96. The molecule has 1 aromatic carbocycles. The molecule has 2 aromatic rings. The van der Waals surface area contributed by atoms with Crippen LogP contribution in [0.4, 0.5) is 0 Å². The summed E-state index contributed by atoms with van der Waals surface area (Å²) in [6, 6.07) is 10.2. The van der Waals surface area contributed by atoms with Gasteiger partial charge in [0.05, 0.1) is 12.4 Å². The number of imidazole rings is 1. The maximum atomic E-state index is 10.9. The lowest BCUT2D eigenvalue weighted by molar-refractivity contribution is 0.0995. The summed E-state index contributed by atoms with van der Waals surface area (Å²) >= 11 is 0. The average molecular weight is 273 g/mol. The molecule has 0 aliphatic heterocycles. The van der Waals surface area contributed by atoms with E-state index in [1.165, 1.54) is 11.9 Å². The fraction of sp³-hybridized carbons (Fsp3) is 0.333. The fourth-order valence-electron chi connectivity index (χ4n) is 2.11. The molecule has 1 amide bonds. The maximum Gasteiger partial charge on any atom is 0.268 e. The lowest BCUT2D eigenvalue weighted by atomic mass is 10.1. The highest BCUT2D eigenvalue weighted by atomic mass is 16.3. The van der Waals surface area contributed by atoms with Crippen LogP contribution in [0, 0.1) is 0 Å². The third kappa shape index (κ3) is 4.20. The second-order valence-electron chi connectivity index (χ2n) is 4.85. The van der Waals surface area contributed by atoms with E-state index in [0.717, 1.165) is 12.8 Å². The predicted molar refractivity (Wildman–Crippen MR) is 76.1 cm³/mol. The van der Waals surface area contributed by atoms with E-state index < -0.39 is 12.0 Å². The quantitative estimate of drug-likeness (QED) is 0.799. The Morgan fingerprint density at radius 2 is 2.10 bits per heavy atom. The molecular weight excluding hydrogens is 254 g/mol. The van der Waals surface area contributed by atoms with Crippen LogP contribution in [0.3, 0.4) is 0 Å². The van der Waals surface area contributed by atoms with Gasteiger partial charge in [0.1, 0.15) is 5.69 Å². The number of hydrogen-bond donors (Lipinski definition) is 2. The molecular formula is C15H19N3O2. The van der Waals surface area contributed by atoms with E-state index in [9.17, 15) is 9.90 Å². The summed E-state index contributed by atoms with van der Waals surface area (Å²) in [7, 11) is 0. The van der Waals surface area contributed by atoms with Crippen molar-refractivity contribution in [3.63, 3.8) is 0 Å². The van der Waals surface area contributed by atoms with Gasteiger partial charge < -0.3 is 15.4 Å². The molecule has 0 aliphatic carbocycles. The number of hydrogen-bond acceptors (Lipinski definition) is 3. The number of aryl methyl sites for hydroxylation is 1. The van der Waals surface area contributed by atoms with Crippen molar-refractivity contribution < 1.29 is 9.90 Å². The topological polar surface area (TPSA) is 81.1 Å². The highest BCUT2D eigenvalue weighted by Crippen LogP contribution is 2.08. The van der Waals surface area contributed by atoms with E-state index in [2.05, 4.69) is 17.1 Å². The first-order valence-electron chi connectivity index (χ1n) is 6.68. The Kier molecular flexibility index (Phi) is 4.90. The van der Waals surface area contributed by atoms with Gasteiger partial charge in [-0.3, -0.25) is 4.79 Å². The fourth-order valence-corrected chi connectivity index (χ4v) is 2.11. The second-order valence-corrected chi connectivity index (χ2v) is 4.85. The van der Waals surface area contributed by atoms with E-state index in [1.54, 1.807) is 10.8 Å². The van der Waals surface area contributed by atoms with Gasteiger partial charge in [-0.05, 0) is 24.8 Å². The van der Waals surface area contributed by atoms with Crippen LogP contribution in [0.2, 0.25) is 0 Å². The molecule has 0 fully saturated rings. The SMILES string of the molecule is NC(=O)c1cn(CC(O)CCCc2ccccc2)cn1. The molecule has 1 atom stereocenters. The van der Waals surface area contributed by atoms with Crippen molar-refractivity contribution in [3.05, 3.63) is 54.1 Å². The zero-order chi connectivity index (χ0) is 14.4. The zero-order valence-electron chi connectivity index (χ0n) is 11.3.